The molecule has 2 unspecified atom stereocenters. The summed E-state index contributed by atoms with van der Waals surface area (Å²) in [7, 11) is 3.82. The third-order valence-corrected chi connectivity index (χ3v) is 3.92. The molecule has 0 aliphatic carbocycles. The Morgan fingerprint density at radius 2 is 2.10 bits per heavy atom. The third-order valence-electron chi connectivity index (χ3n) is 3.92. The maximum atomic E-state index is 8.92. The van der Waals surface area contributed by atoms with Crippen LogP contribution < -0.4 is 10.5 Å². The fourth-order valence-electron chi connectivity index (χ4n) is 2.32. The molecule has 0 amide bonds. The zero-order valence-corrected chi connectivity index (χ0v) is 13.6. The Hall–Kier alpha value is -1.57. The van der Waals surface area contributed by atoms with Gasteiger partial charge < -0.3 is 15.4 Å². The van der Waals surface area contributed by atoms with Crippen molar-refractivity contribution in [1.82, 2.24) is 4.90 Å². The first kappa shape index (κ1) is 17.5. The molecule has 4 heteroatoms. The van der Waals surface area contributed by atoms with Crippen LogP contribution in [0.5, 0.6) is 5.75 Å². The Labute approximate surface area is 128 Å². The summed E-state index contributed by atoms with van der Waals surface area (Å²) in [4.78, 5) is 2.31. The van der Waals surface area contributed by atoms with Gasteiger partial charge in [-0.05, 0) is 58.3 Å². The molecule has 0 spiro atoms. The van der Waals surface area contributed by atoms with E-state index in [-0.39, 0.29) is 0 Å². The molecule has 116 valence electrons. The number of nitrogens with zero attached hydrogens (tertiary/aromatic N) is 2. The van der Waals surface area contributed by atoms with Crippen LogP contribution in [0.3, 0.4) is 0 Å². The van der Waals surface area contributed by atoms with Crippen molar-refractivity contribution in [3.8, 4) is 11.8 Å². The third kappa shape index (κ3) is 5.74. The molecule has 1 aromatic carbocycles. The van der Waals surface area contributed by atoms with Crippen LogP contribution in [0, 0.1) is 11.3 Å². The molecule has 0 bridgehead atoms. The Morgan fingerprint density at radius 1 is 1.43 bits per heavy atom. The average molecular weight is 289 g/mol. The maximum Gasteiger partial charge on any atom is 0.122 e. The average Bonchev–Trinajstić information content (AvgIpc) is 2.47. The second-order valence-electron chi connectivity index (χ2n) is 5.98. The van der Waals surface area contributed by atoms with Gasteiger partial charge in [-0.2, -0.15) is 5.26 Å². The number of likely N-dealkylation sites (N-methyl/N-ethyl adjacent to an activating group) is 1. The minimum Gasteiger partial charge on any atom is -0.496 e. The van der Waals surface area contributed by atoms with Crippen molar-refractivity contribution in [3.05, 3.63) is 29.8 Å². The molecule has 2 atom stereocenters. The monoisotopic (exact) mass is 289 g/mol. The number of methoxy groups -OCH3 is 1. The molecule has 4 nitrogen and oxygen atoms in total. The Bertz CT molecular complexity index is 479. The van der Waals surface area contributed by atoms with Crippen molar-refractivity contribution < 1.29 is 4.74 Å². The number of benzene rings is 1. The van der Waals surface area contributed by atoms with Crippen molar-refractivity contribution in [2.45, 2.75) is 44.7 Å². The van der Waals surface area contributed by atoms with Gasteiger partial charge in [0.05, 0.1) is 13.2 Å². The minimum absolute atomic E-state index is 0.410. The van der Waals surface area contributed by atoms with Gasteiger partial charge in [0.15, 0.2) is 0 Å². The highest BCUT2D eigenvalue weighted by Gasteiger charge is 2.18. The molecule has 0 saturated carbocycles. The highest BCUT2D eigenvalue weighted by molar-refractivity contribution is 5.33. The lowest BCUT2D eigenvalue weighted by Gasteiger charge is -2.26. The topological polar surface area (TPSA) is 62.3 Å². The number of rotatable bonds is 8. The number of para-hydroxylation sites is 1. The molecule has 0 fully saturated rings. The SMILES string of the molecule is COc1ccccc1CC(C)N(C)CCCC(C)(N)C#N. The predicted molar refractivity (Wildman–Crippen MR) is 86.2 cm³/mol. The van der Waals surface area contributed by atoms with Gasteiger partial charge in [-0.15, -0.1) is 0 Å². The van der Waals surface area contributed by atoms with Gasteiger partial charge in [-0.1, -0.05) is 18.2 Å². The van der Waals surface area contributed by atoms with Gasteiger partial charge in [0.25, 0.3) is 0 Å². The number of nitrogens with two attached hydrogens (primary N) is 1. The van der Waals surface area contributed by atoms with E-state index in [4.69, 9.17) is 15.7 Å². The maximum absolute atomic E-state index is 8.92. The Kier molecular flexibility index (Phi) is 6.67. The van der Waals surface area contributed by atoms with Crippen molar-refractivity contribution in [2.75, 3.05) is 20.7 Å². The standard InChI is InChI=1S/C17H27N3O/c1-14(12-15-8-5-6-9-16(15)21-4)20(3)11-7-10-17(2,19)13-18/h5-6,8-9,14H,7,10-12,19H2,1-4H3. The zero-order chi connectivity index (χ0) is 15.9. The number of ether oxygens (including phenoxy) is 1. The van der Waals surface area contributed by atoms with Gasteiger partial charge in [0, 0.05) is 6.04 Å². The van der Waals surface area contributed by atoms with E-state index in [9.17, 15) is 0 Å². The van der Waals surface area contributed by atoms with Gasteiger partial charge in [0.2, 0.25) is 0 Å². The van der Waals surface area contributed by atoms with E-state index in [1.54, 1.807) is 14.0 Å². The van der Waals surface area contributed by atoms with Crippen LogP contribution in [0.25, 0.3) is 0 Å². The van der Waals surface area contributed by atoms with Crippen LogP contribution in [0.4, 0.5) is 0 Å². The quantitative estimate of drug-likeness (QED) is 0.799. The first-order chi connectivity index (χ1) is 9.89. The Morgan fingerprint density at radius 3 is 2.71 bits per heavy atom. The fourth-order valence-corrected chi connectivity index (χ4v) is 2.32. The van der Waals surface area contributed by atoms with Crippen LogP contribution in [-0.2, 0) is 6.42 Å². The highest BCUT2D eigenvalue weighted by atomic mass is 16.5. The number of nitriles is 1. The zero-order valence-electron chi connectivity index (χ0n) is 13.6. The van der Waals surface area contributed by atoms with Crippen molar-refractivity contribution in [2.24, 2.45) is 5.73 Å². The lowest BCUT2D eigenvalue weighted by atomic mass is 9.99. The highest BCUT2D eigenvalue weighted by Crippen LogP contribution is 2.20. The molecule has 0 aliphatic rings. The van der Waals surface area contributed by atoms with Crippen molar-refractivity contribution in [1.29, 1.82) is 5.26 Å². The first-order valence-corrected chi connectivity index (χ1v) is 7.42. The van der Waals surface area contributed by atoms with Crippen LogP contribution in [0.2, 0.25) is 0 Å². The molecule has 1 rings (SSSR count). The lowest BCUT2D eigenvalue weighted by Crippen LogP contribution is -2.37. The molecule has 0 aromatic heterocycles. The molecular formula is C17H27N3O. The van der Waals surface area contributed by atoms with E-state index >= 15 is 0 Å². The largest absolute Gasteiger partial charge is 0.496 e. The molecule has 0 saturated heterocycles. The van der Waals surface area contributed by atoms with Crippen LogP contribution in [0.15, 0.2) is 24.3 Å². The molecule has 1 aromatic rings. The van der Waals surface area contributed by atoms with Gasteiger partial charge in [0.1, 0.15) is 11.3 Å². The normalized spacial score (nSPS) is 15.3. The molecule has 0 aliphatic heterocycles. The van der Waals surface area contributed by atoms with E-state index in [0.29, 0.717) is 6.04 Å². The summed E-state index contributed by atoms with van der Waals surface area (Å²) in [6.07, 6.45) is 2.58. The predicted octanol–water partition coefficient (Wildman–Crippen LogP) is 2.58. The van der Waals surface area contributed by atoms with E-state index in [2.05, 4.69) is 31.0 Å². The summed E-state index contributed by atoms with van der Waals surface area (Å²) < 4.78 is 5.40. The van der Waals surface area contributed by atoms with Gasteiger partial charge in [-0.3, -0.25) is 0 Å². The van der Waals surface area contributed by atoms with E-state index in [1.807, 2.05) is 18.2 Å². The van der Waals surface area contributed by atoms with E-state index in [0.717, 1.165) is 31.6 Å². The summed E-state index contributed by atoms with van der Waals surface area (Å²) in [6, 6.07) is 10.7. The number of hydrogen-bond acceptors (Lipinski definition) is 4. The van der Waals surface area contributed by atoms with Crippen molar-refractivity contribution >= 4 is 0 Å². The molecule has 21 heavy (non-hydrogen) atoms. The molecular weight excluding hydrogens is 262 g/mol. The smallest absolute Gasteiger partial charge is 0.122 e. The van der Waals surface area contributed by atoms with Gasteiger partial charge in [-0.25, -0.2) is 0 Å². The van der Waals surface area contributed by atoms with Crippen LogP contribution in [0.1, 0.15) is 32.3 Å². The van der Waals surface area contributed by atoms with Crippen LogP contribution >= 0.6 is 0 Å². The van der Waals surface area contributed by atoms with Gasteiger partial charge >= 0.3 is 0 Å². The molecule has 2 N–H and O–H groups in total. The van der Waals surface area contributed by atoms with E-state index < -0.39 is 5.54 Å². The lowest BCUT2D eigenvalue weighted by molar-refractivity contribution is 0.245. The summed E-state index contributed by atoms with van der Waals surface area (Å²) in [6.45, 7) is 4.93. The summed E-state index contributed by atoms with van der Waals surface area (Å²) in [5.74, 6) is 0.941. The summed E-state index contributed by atoms with van der Waals surface area (Å²) in [5, 5.41) is 8.92. The summed E-state index contributed by atoms with van der Waals surface area (Å²) >= 11 is 0. The first-order valence-electron chi connectivity index (χ1n) is 7.42. The Balaban J connectivity index is 2.48. The minimum atomic E-state index is -0.716. The summed E-state index contributed by atoms with van der Waals surface area (Å²) in [5.41, 5.74) is 6.35. The molecule has 0 heterocycles. The van der Waals surface area contributed by atoms with Crippen LogP contribution in [-0.4, -0.2) is 37.2 Å². The van der Waals surface area contributed by atoms with Crippen molar-refractivity contribution in [3.63, 3.8) is 0 Å². The fraction of sp³-hybridized carbons (Fsp3) is 0.588. The van der Waals surface area contributed by atoms with E-state index in [1.165, 1.54) is 5.56 Å². The number of hydrogen-bond donors (Lipinski definition) is 1. The second kappa shape index (κ2) is 8.02. The molecule has 0 radical (unpaired) electrons. The second-order valence-corrected chi connectivity index (χ2v) is 5.98.